The Morgan fingerprint density at radius 3 is 2.65 bits per heavy atom. The minimum Gasteiger partial charge on any atom is -0.497 e. The van der Waals surface area contributed by atoms with Crippen molar-refractivity contribution in [3.05, 3.63) is 64.1 Å². The first kappa shape index (κ1) is 14.9. The van der Waals surface area contributed by atoms with Crippen LogP contribution in [0.15, 0.2) is 51.7 Å². The van der Waals surface area contributed by atoms with Crippen LogP contribution in [0.1, 0.15) is 15.9 Å². The summed E-state index contributed by atoms with van der Waals surface area (Å²) in [4.78, 5) is 23.6. The van der Waals surface area contributed by atoms with Gasteiger partial charge in [-0.3, -0.25) is 9.36 Å². The summed E-state index contributed by atoms with van der Waals surface area (Å²) in [7, 11) is 3.23. The number of oxazole rings is 1. The Bertz CT molecular complexity index is 906. The Morgan fingerprint density at radius 2 is 1.96 bits per heavy atom. The molecule has 3 aromatic rings. The van der Waals surface area contributed by atoms with Crippen LogP contribution in [0.5, 0.6) is 5.75 Å². The highest BCUT2D eigenvalue weighted by Crippen LogP contribution is 2.15. The van der Waals surface area contributed by atoms with E-state index in [9.17, 15) is 9.59 Å². The molecular formula is C17H16N2O4. The lowest BCUT2D eigenvalue weighted by Gasteiger charge is -2.06. The number of aromatic nitrogens is 1. The van der Waals surface area contributed by atoms with Gasteiger partial charge in [-0.1, -0.05) is 6.07 Å². The van der Waals surface area contributed by atoms with Crippen LogP contribution < -0.4 is 15.8 Å². The van der Waals surface area contributed by atoms with Crippen molar-refractivity contribution in [3.63, 3.8) is 0 Å². The molecule has 0 aliphatic heterocycles. The molecule has 0 spiro atoms. The van der Waals surface area contributed by atoms with Crippen molar-refractivity contribution in [2.45, 2.75) is 6.54 Å². The number of nitrogens with zero attached hydrogens (tertiary/aromatic N) is 1. The quantitative estimate of drug-likeness (QED) is 0.800. The van der Waals surface area contributed by atoms with Crippen molar-refractivity contribution < 1.29 is 13.9 Å². The second kappa shape index (κ2) is 6.00. The number of nitrogens with one attached hydrogen (secondary N) is 1. The van der Waals surface area contributed by atoms with Gasteiger partial charge >= 0.3 is 5.76 Å². The minimum atomic E-state index is -0.403. The first-order chi connectivity index (χ1) is 11.1. The minimum absolute atomic E-state index is 0.178. The van der Waals surface area contributed by atoms with E-state index in [2.05, 4.69) is 5.32 Å². The van der Waals surface area contributed by atoms with Gasteiger partial charge in [0.25, 0.3) is 5.91 Å². The monoisotopic (exact) mass is 312 g/mol. The van der Waals surface area contributed by atoms with Gasteiger partial charge in [0, 0.05) is 19.2 Å². The van der Waals surface area contributed by atoms with Gasteiger partial charge in [0.2, 0.25) is 0 Å². The standard InChI is InChI=1S/C17H16N2O4/c1-19-14-8-3-11(9-15(14)23-17(19)21)10-18-16(20)12-4-6-13(22-2)7-5-12/h3-9H,10H2,1-2H3,(H,18,20). The van der Waals surface area contributed by atoms with E-state index in [1.165, 1.54) is 4.57 Å². The third kappa shape index (κ3) is 2.96. The molecule has 23 heavy (non-hydrogen) atoms. The average Bonchev–Trinajstić information content (AvgIpc) is 2.86. The van der Waals surface area contributed by atoms with Crippen molar-refractivity contribution in [1.29, 1.82) is 0 Å². The number of hydrogen-bond donors (Lipinski definition) is 1. The number of carbonyl (C=O) groups excluding carboxylic acids is 1. The van der Waals surface area contributed by atoms with E-state index < -0.39 is 5.76 Å². The van der Waals surface area contributed by atoms with Crippen molar-refractivity contribution in [2.24, 2.45) is 7.05 Å². The smallest absolute Gasteiger partial charge is 0.419 e. The Balaban J connectivity index is 1.72. The fourth-order valence-electron chi connectivity index (χ4n) is 2.32. The lowest BCUT2D eigenvalue weighted by Crippen LogP contribution is -2.22. The highest BCUT2D eigenvalue weighted by molar-refractivity contribution is 5.94. The maximum absolute atomic E-state index is 12.1. The Labute approximate surface area is 132 Å². The largest absolute Gasteiger partial charge is 0.497 e. The van der Waals surface area contributed by atoms with Crippen LogP contribution in [0.2, 0.25) is 0 Å². The van der Waals surface area contributed by atoms with E-state index in [-0.39, 0.29) is 5.91 Å². The van der Waals surface area contributed by atoms with Gasteiger partial charge in [-0.15, -0.1) is 0 Å². The van der Waals surface area contributed by atoms with E-state index in [1.54, 1.807) is 50.6 Å². The number of benzene rings is 2. The molecule has 0 bridgehead atoms. The Morgan fingerprint density at radius 1 is 1.22 bits per heavy atom. The molecule has 0 aliphatic carbocycles. The number of methoxy groups -OCH3 is 1. The number of fused-ring (bicyclic) bond motifs is 1. The summed E-state index contributed by atoms with van der Waals surface area (Å²) >= 11 is 0. The number of carbonyl (C=O) groups is 1. The van der Waals surface area contributed by atoms with Crippen molar-refractivity contribution >= 4 is 17.0 Å². The topological polar surface area (TPSA) is 73.5 Å². The zero-order valence-electron chi connectivity index (χ0n) is 12.8. The number of hydrogen-bond acceptors (Lipinski definition) is 4. The lowest BCUT2D eigenvalue weighted by molar-refractivity contribution is 0.0951. The van der Waals surface area contributed by atoms with Crippen LogP contribution in [-0.4, -0.2) is 17.6 Å². The van der Waals surface area contributed by atoms with E-state index in [0.717, 1.165) is 11.1 Å². The molecule has 3 rings (SSSR count). The molecule has 1 N–H and O–H groups in total. The zero-order chi connectivity index (χ0) is 16.4. The van der Waals surface area contributed by atoms with Crippen LogP contribution in [0.3, 0.4) is 0 Å². The maximum Gasteiger partial charge on any atom is 0.419 e. The third-order valence-electron chi connectivity index (χ3n) is 3.66. The first-order valence-electron chi connectivity index (χ1n) is 7.09. The van der Waals surface area contributed by atoms with E-state index in [0.29, 0.717) is 23.4 Å². The lowest BCUT2D eigenvalue weighted by atomic mass is 10.1. The molecule has 0 radical (unpaired) electrons. The molecular weight excluding hydrogens is 296 g/mol. The van der Waals surface area contributed by atoms with Gasteiger partial charge < -0.3 is 14.5 Å². The van der Waals surface area contributed by atoms with Crippen molar-refractivity contribution in [2.75, 3.05) is 7.11 Å². The zero-order valence-corrected chi connectivity index (χ0v) is 12.8. The summed E-state index contributed by atoms with van der Waals surface area (Å²) in [5, 5.41) is 2.83. The summed E-state index contributed by atoms with van der Waals surface area (Å²) in [6.07, 6.45) is 0. The summed E-state index contributed by atoms with van der Waals surface area (Å²) in [6, 6.07) is 12.3. The van der Waals surface area contributed by atoms with Crippen LogP contribution >= 0.6 is 0 Å². The second-order valence-electron chi connectivity index (χ2n) is 5.14. The normalized spacial score (nSPS) is 10.7. The molecule has 0 atom stereocenters. The number of amides is 1. The van der Waals surface area contributed by atoms with Crippen LogP contribution in [0, 0.1) is 0 Å². The van der Waals surface area contributed by atoms with E-state index in [1.807, 2.05) is 6.07 Å². The summed E-state index contributed by atoms with van der Waals surface area (Å²) < 4.78 is 11.6. The Kier molecular flexibility index (Phi) is 3.89. The molecule has 1 amide bonds. The fraction of sp³-hybridized carbons (Fsp3) is 0.176. The molecule has 0 saturated carbocycles. The van der Waals surface area contributed by atoms with Gasteiger partial charge in [-0.2, -0.15) is 0 Å². The van der Waals surface area contributed by atoms with Crippen molar-refractivity contribution in [3.8, 4) is 5.75 Å². The predicted octanol–water partition coefficient (Wildman–Crippen LogP) is 2.07. The molecule has 0 saturated heterocycles. The van der Waals surface area contributed by atoms with Crippen molar-refractivity contribution in [1.82, 2.24) is 9.88 Å². The van der Waals surface area contributed by atoms with Gasteiger partial charge in [-0.05, 0) is 42.0 Å². The predicted molar refractivity (Wildman–Crippen MR) is 85.6 cm³/mol. The van der Waals surface area contributed by atoms with Gasteiger partial charge in [0.15, 0.2) is 5.58 Å². The molecule has 0 fully saturated rings. The van der Waals surface area contributed by atoms with E-state index >= 15 is 0 Å². The summed E-state index contributed by atoms with van der Waals surface area (Å²) in [5.41, 5.74) is 2.64. The maximum atomic E-state index is 12.1. The van der Waals surface area contributed by atoms with E-state index in [4.69, 9.17) is 9.15 Å². The summed E-state index contributed by atoms with van der Waals surface area (Å²) in [6.45, 7) is 0.347. The molecule has 1 aromatic heterocycles. The van der Waals surface area contributed by atoms with Crippen LogP contribution in [0.25, 0.3) is 11.1 Å². The first-order valence-corrected chi connectivity index (χ1v) is 7.09. The van der Waals surface area contributed by atoms with Gasteiger partial charge in [0.05, 0.1) is 12.6 Å². The molecule has 6 nitrogen and oxygen atoms in total. The van der Waals surface area contributed by atoms with Gasteiger partial charge in [0.1, 0.15) is 5.75 Å². The van der Waals surface area contributed by atoms with Crippen LogP contribution in [0.4, 0.5) is 0 Å². The SMILES string of the molecule is COc1ccc(C(=O)NCc2ccc3c(c2)oc(=O)n3C)cc1. The fourth-order valence-corrected chi connectivity index (χ4v) is 2.32. The number of rotatable bonds is 4. The van der Waals surface area contributed by atoms with Crippen LogP contribution in [-0.2, 0) is 13.6 Å². The molecule has 0 unspecified atom stereocenters. The second-order valence-corrected chi connectivity index (χ2v) is 5.14. The molecule has 118 valence electrons. The average molecular weight is 312 g/mol. The molecule has 2 aromatic carbocycles. The highest BCUT2D eigenvalue weighted by Gasteiger charge is 2.08. The molecule has 1 heterocycles. The summed E-state index contributed by atoms with van der Waals surface area (Å²) in [5.74, 6) is 0.118. The van der Waals surface area contributed by atoms with Gasteiger partial charge in [-0.25, -0.2) is 4.79 Å². The Hall–Kier alpha value is -3.02. The number of aryl methyl sites for hydroxylation is 1. The molecule has 6 heteroatoms. The highest BCUT2D eigenvalue weighted by atomic mass is 16.5. The third-order valence-corrected chi connectivity index (χ3v) is 3.66. The number of ether oxygens (including phenoxy) is 1. The molecule has 0 aliphatic rings.